The number of ether oxygens (including phenoxy) is 1. The number of hydrogen-bond donors (Lipinski definition) is 1. The van der Waals surface area contributed by atoms with Crippen molar-refractivity contribution in [1.82, 2.24) is 4.90 Å². The summed E-state index contributed by atoms with van der Waals surface area (Å²) in [4.78, 5) is 15.1. The molecule has 0 bridgehead atoms. The number of rotatable bonds is 8. The first-order chi connectivity index (χ1) is 12.0. The molecule has 0 radical (unpaired) electrons. The smallest absolute Gasteiger partial charge is 0.266 e. The third kappa shape index (κ3) is 4.98. The Morgan fingerprint density at radius 3 is 2.80 bits per heavy atom. The second-order valence-corrected chi connectivity index (χ2v) is 7.82. The summed E-state index contributed by atoms with van der Waals surface area (Å²) < 4.78 is 5.74. The lowest BCUT2D eigenvalue weighted by molar-refractivity contribution is -0.122. The van der Waals surface area contributed by atoms with E-state index in [1.54, 1.807) is 29.2 Å². The van der Waals surface area contributed by atoms with E-state index in [0.717, 1.165) is 24.8 Å². The summed E-state index contributed by atoms with van der Waals surface area (Å²) in [6.07, 6.45) is 6.31. The van der Waals surface area contributed by atoms with E-state index in [4.69, 9.17) is 17.0 Å². The summed E-state index contributed by atoms with van der Waals surface area (Å²) in [6, 6.07) is 5.02. The number of phenols is 1. The molecule has 1 heterocycles. The van der Waals surface area contributed by atoms with Crippen molar-refractivity contribution in [3.05, 3.63) is 28.7 Å². The van der Waals surface area contributed by atoms with Crippen molar-refractivity contribution >= 4 is 40.3 Å². The molecule has 1 fully saturated rings. The monoisotopic (exact) mass is 379 g/mol. The van der Waals surface area contributed by atoms with E-state index >= 15 is 0 Å². The lowest BCUT2D eigenvalue weighted by Gasteiger charge is -2.21. The number of phenolic OH excluding ortho intramolecular Hbond substituents is 1. The molecule has 0 spiro atoms. The number of thiocarbonyl (C=S) groups is 1. The minimum atomic E-state index is -0.0306. The van der Waals surface area contributed by atoms with Gasteiger partial charge in [-0.25, -0.2) is 0 Å². The molecule has 136 valence electrons. The molecule has 2 rings (SSSR count). The second-order valence-electron chi connectivity index (χ2n) is 6.14. The maximum Gasteiger partial charge on any atom is 0.266 e. The molecule has 6 heteroatoms. The zero-order chi connectivity index (χ0) is 18.4. The zero-order valence-corrected chi connectivity index (χ0v) is 16.6. The fraction of sp³-hybridized carbons (Fsp3) is 0.474. The molecule has 0 aliphatic carbocycles. The minimum Gasteiger partial charge on any atom is -0.504 e. The van der Waals surface area contributed by atoms with Crippen LogP contribution in [0.2, 0.25) is 0 Å². The van der Waals surface area contributed by atoms with Crippen molar-refractivity contribution in [2.45, 2.75) is 39.5 Å². The second kappa shape index (κ2) is 9.25. The SMILES string of the molecule is CCCCC(CC)CN1C(=O)C(=Cc2ccc(O)c(OC)c2)SC1=S. The number of aromatic hydroxyl groups is 1. The summed E-state index contributed by atoms with van der Waals surface area (Å²) in [5.74, 6) is 0.913. The maximum atomic E-state index is 12.7. The molecule has 1 atom stereocenters. The Kier molecular flexibility index (Phi) is 7.32. The topological polar surface area (TPSA) is 49.8 Å². The Hall–Kier alpha value is -1.53. The van der Waals surface area contributed by atoms with Crippen molar-refractivity contribution in [3.8, 4) is 11.5 Å². The highest BCUT2D eigenvalue weighted by Crippen LogP contribution is 2.35. The fourth-order valence-electron chi connectivity index (χ4n) is 2.77. The molecular formula is C19H25NO3S2. The summed E-state index contributed by atoms with van der Waals surface area (Å²) >= 11 is 6.76. The Balaban J connectivity index is 2.14. The van der Waals surface area contributed by atoms with E-state index in [1.165, 1.54) is 25.3 Å². The third-order valence-corrected chi connectivity index (χ3v) is 5.74. The Morgan fingerprint density at radius 1 is 1.40 bits per heavy atom. The molecule has 1 amide bonds. The van der Waals surface area contributed by atoms with Crippen LogP contribution in [0.5, 0.6) is 11.5 Å². The first-order valence-corrected chi connectivity index (χ1v) is 9.85. The highest BCUT2D eigenvalue weighted by Gasteiger charge is 2.33. The van der Waals surface area contributed by atoms with Gasteiger partial charge in [-0.05, 0) is 36.1 Å². The van der Waals surface area contributed by atoms with Gasteiger partial charge >= 0.3 is 0 Å². The molecule has 1 saturated heterocycles. The van der Waals surface area contributed by atoms with Gasteiger partial charge in [0.1, 0.15) is 4.32 Å². The van der Waals surface area contributed by atoms with Gasteiger partial charge < -0.3 is 9.84 Å². The Morgan fingerprint density at radius 2 is 2.16 bits per heavy atom. The van der Waals surface area contributed by atoms with Crippen LogP contribution in [-0.4, -0.2) is 33.9 Å². The van der Waals surface area contributed by atoms with Crippen molar-refractivity contribution in [2.75, 3.05) is 13.7 Å². The van der Waals surface area contributed by atoms with Crippen LogP contribution in [-0.2, 0) is 4.79 Å². The predicted molar refractivity (Wildman–Crippen MR) is 108 cm³/mol. The number of unbranched alkanes of at least 4 members (excludes halogenated alkanes) is 1. The van der Waals surface area contributed by atoms with E-state index in [2.05, 4.69) is 13.8 Å². The van der Waals surface area contributed by atoms with Gasteiger partial charge in [0.05, 0.1) is 12.0 Å². The molecular weight excluding hydrogens is 354 g/mol. The van der Waals surface area contributed by atoms with Gasteiger partial charge in [-0.15, -0.1) is 0 Å². The number of amides is 1. The molecule has 1 unspecified atom stereocenters. The Labute approximate surface area is 159 Å². The normalized spacial score (nSPS) is 17.4. The highest BCUT2D eigenvalue weighted by atomic mass is 32.2. The van der Waals surface area contributed by atoms with E-state index in [1.807, 2.05) is 0 Å². The van der Waals surface area contributed by atoms with Crippen LogP contribution in [0.25, 0.3) is 6.08 Å². The maximum absolute atomic E-state index is 12.7. The number of benzene rings is 1. The average Bonchev–Trinajstić information content (AvgIpc) is 2.87. The number of thioether (sulfide) groups is 1. The van der Waals surface area contributed by atoms with Crippen LogP contribution in [0.1, 0.15) is 45.1 Å². The van der Waals surface area contributed by atoms with Crippen molar-refractivity contribution in [3.63, 3.8) is 0 Å². The number of nitrogens with zero attached hydrogens (tertiary/aromatic N) is 1. The number of methoxy groups -OCH3 is 1. The first kappa shape index (κ1) is 19.8. The summed E-state index contributed by atoms with van der Waals surface area (Å²) in [5, 5.41) is 9.68. The van der Waals surface area contributed by atoms with Crippen LogP contribution in [0, 0.1) is 5.92 Å². The predicted octanol–water partition coefficient (Wildman–Crippen LogP) is 4.82. The molecule has 4 nitrogen and oxygen atoms in total. The quantitative estimate of drug-likeness (QED) is 0.518. The summed E-state index contributed by atoms with van der Waals surface area (Å²) in [5.41, 5.74) is 0.799. The minimum absolute atomic E-state index is 0.0306. The molecule has 25 heavy (non-hydrogen) atoms. The molecule has 0 aromatic heterocycles. The van der Waals surface area contributed by atoms with E-state index in [9.17, 15) is 9.90 Å². The lowest BCUT2D eigenvalue weighted by Crippen LogP contribution is -2.33. The van der Waals surface area contributed by atoms with E-state index in [-0.39, 0.29) is 11.7 Å². The van der Waals surface area contributed by atoms with Crippen LogP contribution in [0.3, 0.4) is 0 Å². The van der Waals surface area contributed by atoms with Gasteiger partial charge in [0.25, 0.3) is 5.91 Å². The largest absolute Gasteiger partial charge is 0.504 e. The van der Waals surface area contributed by atoms with Gasteiger partial charge in [-0.1, -0.05) is 63.2 Å². The Bertz CT molecular complexity index is 673. The lowest BCUT2D eigenvalue weighted by atomic mass is 9.99. The zero-order valence-electron chi connectivity index (χ0n) is 14.9. The number of carbonyl (C=O) groups excluding carboxylic acids is 1. The number of carbonyl (C=O) groups is 1. The van der Waals surface area contributed by atoms with Crippen LogP contribution in [0.4, 0.5) is 0 Å². The van der Waals surface area contributed by atoms with Gasteiger partial charge in [-0.3, -0.25) is 9.69 Å². The third-order valence-electron chi connectivity index (χ3n) is 4.36. The molecule has 1 aliphatic rings. The van der Waals surface area contributed by atoms with Crippen molar-refractivity contribution in [1.29, 1.82) is 0 Å². The van der Waals surface area contributed by atoms with Gasteiger partial charge in [-0.2, -0.15) is 0 Å². The molecule has 1 N–H and O–H groups in total. The molecule has 1 aliphatic heterocycles. The molecule has 1 aromatic rings. The number of hydrogen-bond acceptors (Lipinski definition) is 5. The summed E-state index contributed by atoms with van der Waals surface area (Å²) in [7, 11) is 1.50. The molecule has 0 saturated carbocycles. The average molecular weight is 380 g/mol. The van der Waals surface area contributed by atoms with E-state index in [0.29, 0.717) is 27.4 Å². The standard InChI is InChI=1S/C19H25NO3S2/c1-4-6-7-13(5-2)12-20-18(22)17(25-19(20)24)11-14-8-9-15(21)16(10-14)23-3/h8-11,13,21H,4-7,12H2,1-3H3. The van der Waals surface area contributed by atoms with Crippen LogP contribution >= 0.6 is 24.0 Å². The molecule has 1 aromatic carbocycles. The fourth-order valence-corrected chi connectivity index (χ4v) is 4.04. The van der Waals surface area contributed by atoms with Crippen molar-refractivity contribution < 1.29 is 14.6 Å². The highest BCUT2D eigenvalue weighted by molar-refractivity contribution is 8.26. The van der Waals surface area contributed by atoms with Crippen molar-refractivity contribution in [2.24, 2.45) is 5.92 Å². The van der Waals surface area contributed by atoms with Crippen LogP contribution < -0.4 is 4.74 Å². The van der Waals surface area contributed by atoms with Gasteiger partial charge in [0.2, 0.25) is 0 Å². The van der Waals surface area contributed by atoms with Gasteiger partial charge in [0.15, 0.2) is 11.5 Å². The first-order valence-electron chi connectivity index (χ1n) is 8.62. The van der Waals surface area contributed by atoms with Gasteiger partial charge in [0, 0.05) is 6.54 Å². The van der Waals surface area contributed by atoms with Crippen LogP contribution in [0.15, 0.2) is 23.1 Å². The summed E-state index contributed by atoms with van der Waals surface area (Å²) in [6.45, 7) is 5.04. The van der Waals surface area contributed by atoms with E-state index < -0.39 is 0 Å².